The van der Waals surface area contributed by atoms with Gasteiger partial charge in [0.25, 0.3) is 0 Å². The Kier molecular flexibility index (Phi) is 21.8. The Balaban J connectivity index is 0. The van der Waals surface area contributed by atoms with Crippen molar-refractivity contribution in [1.29, 1.82) is 0 Å². The van der Waals surface area contributed by atoms with Crippen LogP contribution in [-0.2, 0) is 0 Å². The fourth-order valence-corrected chi connectivity index (χ4v) is 4.85. The van der Waals surface area contributed by atoms with Crippen LogP contribution in [0.5, 0.6) is 0 Å². The van der Waals surface area contributed by atoms with Gasteiger partial charge in [0.1, 0.15) is 0 Å². The Morgan fingerprint density at radius 2 is 1.00 bits per heavy atom. The summed E-state index contributed by atoms with van der Waals surface area (Å²) < 4.78 is 0. The van der Waals surface area contributed by atoms with Crippen molar-refractivity contribution in [3.63, 3.8) is 0 Å². The molecular weight excluding hydrogens is 343 g/mol. The van der Waals surface area contributed by atoms with Crippen LogP contribution in [0, 0.1) is 5.92 Å². The minimum atomic E-state index is 0. The highest BCUT2D eigenvalue weighted by atomic mass is 35.5. The second-order valence-electron chi connectivity index (χ2n) is 7.99. The number of hydrogen-bond acceptors (Lipinski definition) is 0. The quantitative estimate of drug-likeness (QED) is 0.124. The van der Waals surface area contributed by atoms with Crippen molar-refractivity contribution in [3.8, 4) is 0 Å². The Morgan fingerprint density at radius 3 is 1.40 bits per heavy atom. The minimum absolute atomic E-state index is 0. The summed E-state index contributed by atoms with van der Waals surface area (Å²) >= 11 is 7.11. The highest BCUT2D eigenvalue weighted by molar-refractivity contribution is 6.92. The molecule has 0 heterocycles. The normalized spacial score (nSPS) is 12.8. The summed E-state index contributed by atoms with van der Waals surface area (Å²) in [4.78, 5) is 0.0821. The van der Waals surface area contributed by atoms with E-state index < -0.39 is 0 Å². The maximum absolute atomic E-state index is 7.11. The zero-order chi connectivity index (χ0) is 18.1. The number of halogens is 1. The van der Waals surface area contributed by atoms with Gasteiger partial charge in [-0.2, -0.15) is 9.90 Å². The van der Waals surface area contributed by atoms with E-state index in [1.807, 2.05) is 0 Å². The number of unbranched alkanes of at least 4 members (excludes halogenated alkanes) is 9. The lowest BCUT2D eigenvalue weighted by Gasteiger charge is -2.36. The molecule has 0 rings (SSSR count). The molecule has 0 spiro atoms. The largest absolute Gasteiger partial charge is 0.153 e. The average molecular weight is 393 g/mol. The summed E-state index contributed by atoms with van der Waals surface area (Å²) in [6, 6.07) is 0. The van der Waals surface area contributed by atoms with Gasteiger partial charge in [0.05, 0.1) is 0 Å². The van der Waals surface area contributed by atoms with E-state index in [0.29, 0.717) is 0 Å². The summed E-state index contributed by atoms with van der Waals surface area (Å²) in [7, 11) is 0. The summed E-state index contributed by atoms with van der Waals surface area (Å²) in [6.07, 6.45) is 23.1. The van der Waals surface area contributed by atoms with Crippen LogP contribution in [-0.4, -0.2) is 4.87 Å². The second kappa shape index (κ2) is 19.5. The SMILES string of the molecule is CCCCCCCCCCCCC(CCC)C(Cl)(CCC)CCC.P. The van der Waals surface area contributed by atoms with Gasteiger partial charge in [0.2, 0.25) is 0 Å². The zero-order valence-electron chi connectivity index (χ0n) is 18.2. The maximum atomic E-state index is 7.11. The van der Waals surface area contributed by atoms with Gasteiger partial charge >= 0.3 is 0 Å². The van der Waals surface area contributed by atoms with Crippen LogP contribution in [0.2, 0.25) is 0 Å². The van der Waals surface area contributed by atoms with E-state index in [4.69, 9.17) is 11.6 Å². The fourth-order valence-electron chi connectivity index (χ4n) is 4.25. The van der Waals surface area contributed by atoms with Crippen LogP contribution in [0.25, 0.3) is 0 Å². The molecule has 154 valence electrons. The predicted octanol–water partition coefficient (Wildman–Crippen LogP) is 9.35. The van der Waals surface area contributed by atoms with Crippen molar-refractivity contribution in [2.24, 2.45) is 5.92 Å². The highest BCUT2D eigenvalue weighted by Crippen LogP contribution is 2.40. The van der Waals surface area contributed by atoms with Crippen molar-refractivity contribution in [3.05, 3.63) is 0 Å². The highest BCUT2D eigenvalue weighted by Gasteiger charge is 2.33. The average Bonchev–Trinajstić information content (AvgIpc) is 2.56. The van der Waals surface area contributed by atoms with Crippen LogP contribution >= 0.6 is 21.5 Å². The number of hydrogen-bond donors (Lipinski definition) is 0. The molecule has 0 saturated heterocycles. The lowest BCUT2D eigenvalue weighted by Crippen LogP contribution is -2.32. The summed E-state index contributed by atoms with van der Waals surface area (Å²) in [6.45, 7) is 9.19. The molecule has 0 aromatic rings. The molecule has 0 aliphatic carbocycles. The van der Waals surface area contributed by atoms with Gasteiger partial charge in [-0.15, -0.1) is 11.6 Å². The van der Waals surface area contributed by atoms with Crippen LogP contribution in [0.15, 0.2) is 0 Å². The molecule has 0 radical (unpaired) electrons. The van der Waals surface area contributed by atoms with Crippen molar-refractivity contribution in [2.45, 2.75) is 142 Å². The molecule has 0 N–H and O–H groups in total. The van der Waals surface area contributed by atoms with Crippen LogP contribution in [0.3, 0.4) is 0 Å². The molecule has 0 saturated carbocycles. The molecule has 0 aliphatic rings. The summed E-state index contributed by atoms with van der Waals surface area (Å²) in [5, 5.41) is 0. The standard InChI is InChI=1S/C23H47Cl.H3P/c1-5-9-10-11-12-13-14-15-16-17-19-22(18-6-2)23(24,20-7-3)21-8-4;/h22H,5-21H2,1-4H3;1H3. The third-order valence-corrected chi connectivity index (χ3v) is 6.29. The smallest absolute Gasteiger partial charge is 0.0474 e. The van der Waals surface area contributed by atoms with Gasteiger partial charge in [-0.1, -0.05) is 111 Å². The van der Waals surface area contributed by atoms with E-state index in [9.17, 15) is 0 Å². The molecular formula is C23H50ClP. The molecule has 2 atom stereocenters. The molecule has 0 bridgehead atoms. The minimum Gasteiger partial charge on any atom is -0.153 e. The van der Waals surface area contributed by atoms with E-state index in [-0.39, 0.29) is 14.8 Å². The third-order valence-electron chi connectivity index (χ3n) is 5.61. The lowest BCUT2D eigenvalue weighted by atomic mass is 9.78. The number of rotatable bonds is 18. The first-order valence-corrected chi connectivity index (χ1v) is 11.7. The summed E-state index contributed by atoms with van der Waals surface area (Å²) in [5.41, 5.74) is 0. The first-order chi connectivity index (χ1) is 11.6. The second-order valence-corrected chi connectivity index (χ2v) is 8.74. The van der Waals surface area contributed by atoms with E-state index in [1.165, 1.54) is 109 Å². The van der Waals surface area contributed by atoms with E-state index >= 15 is 0 Å². The third kappa shape index (κ3) is 14.4. The van der Waals surface area contributed by atoms with E-state index in [2.05, 4.69) is 27.7 Å². The Hall–Kier alpha value is 0.720. The van der Waals surface area contributed by atoms with Crippen molar-refractivity contribution >= 4 is 21.5 Å². The van der Waals surface area contributed by atoms with Crippen LogP contribution < -0.4 is 0 Å². The molecule has 0 aromatic carbocycles. The number of alkyl halides is 1. The molecule has 0 nitrogen and oxygen atoms in total. The van der Waals surface area contributed by atoms with E-state index in [0.717, 1.165) is 5.92 Å². The maximum Gasteiger partial charge on any atom is 0.0474 e. The van der Waals surface area contributed by atoms with Crippen LogP contribution in [0.4, 0.5) is 0 Å². The zero-order valence-corrected chi connectivity index (χ0v) is 20.4. The van der Waals surface area contributed by atoms with Crippen LogP contribution in [0.1, 0.15) is 137 Å². The molecule has 25 heavy (non-hydrogen) atoms. The first kappa shape index (κ1) is 27.9. The lowest BCUT2D eigenvalue weighted by molar-refractivity contribution is 0.278. The fraction of sp³-hybridized carbons (Fsp3) is 1.00. The topological polar surface area (TPSA) is 0 Å². The van der Waals surface area contributed by atoms with E-state index in [1.54, 1.807) is 0 Å². The molecule has 0 aromatic heterocycles. The molecule has 2 heteroatoms. The van der Waals surface area contributed by atoms with Gasteiger partial charge < -0.3 is 0 Å². The van der Waals surface area contributed by atoms with Gasteiger partial charge in [-0.3, -0.25) is 0 Å². The first-order valence-electron chi connectivity index (χ1n) is 11.3. The van der Waals surface area contributed by atoms with Gasteiger partial charge in [-0.05, 0) is 31.6 Å². The predicted molar refractivity (Wildman–Crippen MR) is 124 cm³/mol. The van der Waals surface area contributed by atoms with Gasteiger partial charge in [-0.25, -0.2) is 0 Å². The van der Waals surface area contributed by atoms with Crippen molar-refractivity contribution in [1.82, 2.24) is 0 Å². The molecule has 0 amide bonds. The Morgan fingerprint density at radius 1 is 0.560 bits per heavy atom. The Bertz CT molecular complexity index is 248. The van der Waals surface area contributed by atoms with Gasteiger partial charge in [0.15, 0.2) is 0 Å². The molecule has 2 unspecified atom stereocenters. The van der Waals surface area contributed by atoms with Crippen molar-refractivity contribution in [2.75, 3.05) is 0 Å². The Labute approximate surface area is 169 Å². The monoisotopic (exact) mass is 392 g/mol. The summed E-state index contributed by atoms with van der Waals surface area (Å²) in [5.74, 6) is 0.734. The van der Waals surface area contributed by atoms with Gasteiger partial charge in [0, 0.05) is 4.87 Å². The molecule has 0 fully saturated rings. The molecule has 0 aliphatic heterocycles. The van der Waals surface area contributed by atoms with Crippen molar-refractivity contribution < 1.29 is 0 Å².